The number of nitrogens with one attached hydrogen (secondary N) is 2. The van der Waals surface area contributed by atoms with Gasteiger partial charge < -0.3 is 20.1 Å². The number of carbonyl (C=O) groups excluding carboxylic acids is 2. The zero-order valence-corrected chi connectivity index (χ0v) is 16.1. The van der Waals surface area contributed by atoms with Gasteiger partial charge in [0.15, 0.2) is 11.5 Å². The number of hydrogen-bond acceptors (Lipinski definition) is 4. The van der Waals surface area contributed by atoms with E-state index in [9.17, 15) is 14.0 Å². The molecule has 2 rings (SSSR count). The lowest BCUT2D eigenvalue weighted by molar-refractivity contribution is -0.139. The molecule has 0 saturated heterocycles. The summed E-state index contributed by atoms with van der Waals surface area (Å²) in [5.74, 6) is -0.665. The van der Waals surface area contributed by atoms with Gasteiger partial charge in [0.2, 0.25) is 0 Å². The fourth-order valence-electron chi connectivity index (χ4n) is 2.55. The van der Waals surface area contributed by atoms with E-state index >= 15 is 0 Å². The molecule has 2 aromatic carbocycles. The Balaban J connectivity index is 1.81. The molecule has 2 amide bonds. The van der Waals surface area contributed by atoms with Crippen molar-refractivity contribution in [2.45, 2.75) is 26.8 Å². The maximum absolute atomic E-state index is 13.5. The minimum absolute atomic E-state index is 0.0461. The standard InChI is InChI=1S/C21H25FN2O4/c1-3-27-18-10-9-15(13-19(18)28-4-2)11-12-23-20(25)21(26)24-14-16-7-5-6-8-17(16)22/h5-10,13H,3-4,11-12,14H2,1-2H3,(H,23,25)(H,24,26). The number of ether oxygens (including phenoxy) is 2. The molecule has 7 heteroatoms. The fourth-order valence-corrected chi connectivity index (χ4v) is 2.55. The van der Waals surface area contributed by atoms with Crippen LogP contribution in [-0.4, -0.2) is 31.6 Å². The Morgan fingerprint density at radius 2 is 1.61 bits per heavy atom. The zero-order chi connectivity index (χ0) is 20.4. The van der Waals surface area contributed by atoms with E-state index in [0.29, 0.717) is 36.7 Å². The van der Waals surface area contributed by atoms with Gasteiger partial charge in [-0.05, 0) is 44.0 Å². The number of benzene rings is 2. The van der Waals surface area contributed by atoms with Crippen molar-refractivity contribution >= 4 is 11.8 Å². The summed E-state index contributed by atoms with van der Waals surface area (Å²) in [6, 6.07) is 11.6. The molecule has 0 saturated carbocycles. The van der Waals surface area contributed by atoms with E-state index in [1.807, 2.05) is 32.0 Å². The molecule has 0 atom stereocenters. The molecular formula is C21H25FN2O4. The Labute approximate surface area is 164 Å². The SMILES string of the molecule is CCOc1ccc(CCNC(=O)C(=O)NCc2ccccc2F)cc1OCC. The Morgan fingerprint density at radius 1 is 0.929 bits per heavy atom. The molecule has 0 radical (unpaired) electrons. The highest BCUT2D eigenvalue weighted by Crippen LogP contribution is 2.28. The molecule has 0 aliphatic rings. The van der Waals surface area contributed by atoms with Crippen molar-refractivity contribution in [3.8, 4) is 11.5 Å². The summed E-state index contributed by atoms with van der Waals surface area (Å²) in [6.07, 6.45) is 0.527. The van der Waals surface area contributed by atoms with Crippen LogP contribution in [-0.2, 0) is 22.6 Å². The topological polar surface area (TPSA) is 76.7 Å². The predicted octanol–water partition coefficient (Wildman–Crippen LogP) is 2.60. The first-order valence-electron chi connectivity index (χ1n) is 9.23. The normalized spacial score (nSPS) is 10.2. The minimum Gasteiger partial charge on any atom is -0.490 e. The molecule has 0 aliphatic heterocycles. The van der Waals surface area contributed by atoms with Gasteiger partial charge in [-0.3, -0.25) is 9.59 Å². The Morgan fingerprint density at radius 3 is 2.32 bits per heavy atom. The summed E-state index contributed by atoms with van der Waals surface area (Å²) in [7, 11) is 0. The molecule has 0 heterocycles. The van der Waals surface area contributed by atoms with Gasteiger partial charge in [0.25, 0.3) is 0 Å². The highest BCUT2D eigenvalue weighted by molar-refractivity contribution is 6.35. The molecule has 0 aliphatic carbocycles. The van der Waals surface area contributed by atoms with Crippen LogP contribution in [0.15, 0.2) is 42.5 Å². The van der Waals surface area contributed by atoms with Crippen LogP contribution in [0.25, 0.3) is 0 Å². The number of carbonyl (C=O) groups is 2. The molecule has 2 N–H and O–H groups in total. The smallest absolute Gasteiger partial charge is 0.309 e. The van der Waals surface area contributed by atoms with E-state index in [1.54, 1.807) is 18.2 Å². The molecule has 0 bridgehead atoms. The molecule has 0 spiro atoms. The molecule has 2 aromatic rings. The summed E-state index contributed by atoms with van der Waals surface area (Å²) in [6.45, 7) is 5.08. The second-order valence-corrected chi connectivity index (χ2v) is 5.93. The average Bonchev–Trinajstić information content (AvgIpc) is 2.69. The fraction of sp³-hybridized carbons (Fsp3) is 0.333. The number of hydrogen-bond donors (Lipinski definition) is 2. The molecule has 0 aromatic heterocycles. The third-order valence-corrected chi connectivity index (χ3v) is 3.91. The van der Waals surface area contributed by atoms with Gasteiger partial charge in [-0.1, -0.05) is 24.3 Å². The number of halogens is 1. The minimum atomic E-state index is -0.801. The van der Waals surface area contributed by atoms with Crippen molar-refractivity contribution < 1.29 is 23.5 Å². The number of rotatable bonds is 9. The van der Waals surface area contributed by atoms with Gasteiger partial charge in [0.1, 0.15) is 5.82 Å². The maximum atomic E-state index is 13.5. The lowest BCUT2D eigenvalue weighted by atomic mass is 10.1. The monoisotopic (exact) mass is 388 g/mol. The third-order valence-electron chi connectivity index (χ3n) is 3.91. The van der Waals surface area contributed by atoms with Crippen LogP contribution in [0.4, 0.5) is 4.39 Å². The van der Waals surface area contributed by atoms with Crippen LogP contribution in [0, 0.1) is 5.82 Å². The molecule has 6 nitrogen and oxygen atoms in total. The maximum Gasteiger partial charge on any atom is 0.309 e. The first-order valence-corrected chi connectivity index (χ1v) is 9.23. The summed E-state index contributed by atoms with van der Waals surface area (Å²) in [5, 5.41) is 4.96. The molecular weight excluding hydrogens is 363 g/mol. The summed E-state index contributed by atoms with van der Waals surface area (Å²) < 4.78 is 24.6. The highest BCUT2D eigenvalue weighted by atomic mass is 19.1. The predicted molar refractivity (Wildman–Crippen MR) is 104 cm³/mol. The summed E-state index contributed by atoms with van der Waals surface area (Å²) in [5.41, 5.74) is 1.26. The van der Waals surface area contributed by atoms with Crippen LogP contribution >= 0.6 is 0 Å². The van der Waals surface area contributed by atoms with E-state index in [0.717, 1.165) is 5.56 Å². The lowest BCUT2D eigenvalue weighted by Crippen LogP contribution is -2.40. The average molecular weight is 388 g/mol. The van der Waals surface area contributed by atoms with Crippen LogP contribution < -0.4 is 20.1 Å². The van der Waals surface area contributed by atoms with Gasteiger partial charge in [0.05, 0.1) is 13.2 Å². The van der Waals surface area contributed by atoms with Gasteiger partial charge in [-0.25, -0.2) is 4.39 Å². The van der Waals surface area contributed by atoms with E-state index in [1.165, 1.54) is 6.07 Å². The van der Waals surface area contributed by atoms with E-state index < -0.39 is 17.6 Å². The van der Waals surface area contributed by atoms with E-state index in [4.69, 9.17) is 9.47 Å². The first kappa shape index (κ1) is 21.2. The van der Waals surface area contributed by atoms with Gasteiger partial charge in [-0.15, -0.1) is 0 Å². The van der Waals surface area contributed by atoms with Crippen LogP contribution in [0.3, 0.4) is 0 Å². The van der Waals surface area contributed by atoms with Crippen molar-refractivity contribution in [2.75, 3.05) is 19.8 Å². The third kappa shape index (κ3) is 6.26. The Kier molecular flexibility index (Phi) is 8.27. The van der Waals surface area contributed by atoms with E-state index in [2.05, 4.69) is 10.6 Å². The molecule has 0 unspecified atom stereocenters. The van der Waals surface area contributed by atoms with Crippen LogP contribution in [0.1, 0.15) is 25.0 Å². The molecule has 150 valence electrons. The van der Waals surface area contributed by atoms with Crippen molar-refractivity contribution in [1.82, 2.24) is 10.6 Å². The zero-order valence-electron chi connectivity index (χ0n) is 16.1. The summed E-state index contributed by atoms with van der Waals surface area (Å²) >= 11 is 0. The highest BCUT2D eigenvalue weighted by Gasteiger charge is 2.13. The van der Waals surface area contributed by atoms with Crippen molar-refractivity contribution in [3.63, 3.8) is 0 Å². The van der Waals surface area contributed by atoms with Gasteiger partial charge >= 0.3 is 11.8 Å². The Bertz CT molecular complexity index is 811. The largest absolute Gasteiger partial charge is 0.490 e. The molecule has 0 fully saturated rings. The van der Waals surface area contributed by atoms with E-state index in [-0.39, 0.29) is 13.1 Å². The van der Waals surface area contributed by atoms with Gasteiger partial charge in [0, 0.05) is 18.7 Å². The van der Waals surface area contributed by atoms with Crippen molar-refractivity contribution in [1.29, 1.82) is 0 Å². The van der Waals surface area contributed by atoms with Crippen LogP contribution in [0.2, 0.25) is 0 Å². The number of amides is 2. The Hall–Kier alpha value is -3.09. The van der Waals surface area contributed by atoms with Gasteiger partial charge in [-0.2, -0.15) is 0 Å². The quantitative estimate of drug-likeness (QED) is 0.648. The first-order chi connectivity index (χ1) is 13.5. The lowest BCUT2D eigenvalue weighted by Gasteiger charge is -2.12. The summed E-state index contributed by atoms with van der Waals surface area (Å²) in [4.78, 5) is 23.7. The molecule has 28 heavy (non-hydrogen) atoms. The second kappa shape index (κ2) is 10.9. The van der Waals surface area contributed by atoms with Crippen molar-refractivity contribution in [2.24, 2.45) is 0 Å². The van der Waals surface area contributed by atoms with Crippen LogP contribution in [0.5, 0.6) is 11.5 Å². The van der Waals surface area contributed by atoms with Crippen molar-refractivity contribution in [3.05, 3.63) is 59.4 Å². The second-order valence-electron chi connectivity index (χ2n) is 5.93.